The number of aliphatic hydroxyl groups is 1. The molecule has 1 saturated carbocycles. The summed E-state index contributed by atoms with van der Waals surface area (Å²) in [5, 5.41) is 21.7. The lowest BCUT2D eigenvalue weighted by atomic mass is 9.95. The molecule has 2 atom stereocenters. The number of nitrogens with zero attached hydrogens (tertiary/aromatic N) is 1. The topological polar surface area (TPSA) is 106 Å². The Morgan fingerprint density at radius 1 is 1.32 bits per heavy atom. The number of H-pyrrole nitrogens is 1. The first-order valence-electron chi connectivity index (χ1n) is 9.00. The molecule has 0 saturated heterocycles. The van der Waals surface area contributed by atoms with Crippen LogP contribution < -0.4 is 10.9 Å². The first kappa shape index (κ1) is 19.2. The van der Waals surface area contributed by atoms with Gasteiger partial charge in [-0.05, 0) is 44.2 Å². The molecule has 1 aliphatic rings. The molecular formula is C19H27N3O3. The lowest BCUT2D eigenvalue weighted by Gasteiger charge is -2.24. The highest BCUT2D eigenvalue weighted by Crippen LogP contribution is 2.23. The molecule has 2 unspecified atom stereocenters. The van der Waals surface area contributed by atoms with Crippen molar-refractivity contribution in [3.05, 3.63) is 32.7 Å². The zero-order valence-corrected chi connectivity index (χ0v) is 15.0. The van der Waals surface area contributed by atoms with Crippen molar-refractivity contribution < 1.29 is 9.90 Å². The van der Waals surface area contributed by atoms with E-state index in [4.69, 9.17) is 5.26 Å². The van der Waals surface area contributed by atoms with Crippen LogP contribution in [0.4, 0.5) is 0 Å². The van der Waals surface area contributed by atoms with E-state index in [1.165, 1.54) is 0 Å². The molecule has 0 aliphatic heterocycles. The van der Waals surface area contributed by atoms with E-state index in [0.29, 0.717) is 24.1 Å². The molecule has 0 aromatic carbocycles. The van der Waals surface area contributed by atoms with Crippen molar-refractivity contribution >= 4 is 5.91 Å². The highest BCUT2D eigenvalue weighted by Gasteiger charge is 2.24. The smallest absolute Gasteiger partial charge is 0.266 e. The van der Waals surface area contributed by atoms with Gasteiger partial charge in [0.05, 0.1) is 0 Å². The van der Waals surface area contributed by atoms with Gasteiger partial charge in [-0.1, -0.05) is 19.3 Å². The van der Waals surface area contributed by atoms with E-state index in [-0.39, 0.29) is 35.6 Å². The third-order valence-corrected chi connectivity index (χ3v) is 5.26. The summed E-state index contributed by atoms with van der Waals surface area (Å²) < 4.78 is 0. The van der Waals surface area contributed by atoms with E-state index in [1.54, 1.807) is 13.8 Å². The number of carbonyl (C=O) groups excluding carboxylic acids is 1. The van der Waals surface area contributed by atoms with Crippen molar-refractivity contribution in [1.29, 1.82) is 5.26 Å². The zero-order valence-electron chi connectivity index (χ0n) is 15.0. The maximum atomic E-state index is 12.4. The number of nitrogens with one attached hydrogen (secondary N) is 2. The molecule has 136 valence electrons. The van der Waals surface area contributed by atoms with Crippen LogP contribution in [-0.4, -0.2) is 28.6 Å². The summed E-state index contributed by atoms with van der Waals surface area (Å²) in [6, 6.07) is 1.97. The van der Waals surface area contributed by atoms with Gasteiger partial charge in [-0.3, -0.25) is 9.59 Å². The zero-order chi connectivity index (χ0) is 18.4. The molecule has 1 amide bonds. The Morgan fingerprint density at radius 3 is 2.72 bits per heavy atom. The molecule has 6 heteroatoms. The third-order valence-electron chi connectivity index (χ3n) is 5.26. The Morgan fingerprint density at radius 2 is 2.04 bits per heavy atom. The summed E-state index contributed by atoms with van der Waals surface area (Å²) in [4.78, 5) is 26.8. The predicted molar refractivity (Wildman–Crippen MR) is 95.2 cm³/mol. The Labute approximate surface area is 148 Å². The molecule has 1 aromatic rings. The Balaban J connectivity index is 2.03. The molecule has 2 rings (SSSR count). The summed E-state index contributed by atoms with van der Waals surface area (Å²) in [6.07, 6.45) is 5.96. The number of amides is 1. The van der Waals surface area contributed by atoms with Gasteiger partial charge in [0.15, 0.2) is 0 Å². The minimum atomic E-state index is -0.380. The van der Waals surface area contributed by atoms with Crippen LogP contribution in [0.25, 0.3) is 0 Å². The molecule has 1 fully saturated rings. The second-order valence-electron chi connectivity index (χ2n) is 6.92. The maximum absolute atomic E-state index is 12.4. The highest BCUT2D eigenvalue weighted by atomic mass is 16.3. The molecule has 0 radical (unpaired) electrons. The van der Waals surface area contributed by atoms with Crippen molar-refractivity contribution in [2.24, 2.45) is 5.92 Å². The van der Waals surface area contributed by atoms with E-state index < -0.39 is 0 Å². The van der Waals surface area contributed by atoms with Gasteiger partial charge in [0.1, 0.15) is 11.6 Å². The quantitative estimate of drug-likeness (QED) is 0.708. The van der Waals surface area contributed by atoms with E-state index in [1.807, 2.05) is 6.07 Å². The fourth-order valence-electron chi connectivity index (χ4n) is 3.73. The summed E-state index contributed by atoms with van der Waals surface area (Å²) in [7, 11) is 0. The van der Waals surface area contributed by atoms with Crippen molar-refractivity contribution in [3.8, 4) is 6.07 Å². The Hall–Kier alpha value is -2.13. The molecule has 25 heavy (non-hydrogen) atoms. The largest absolute Gasteiger partial charge is 0.396 e. The molecule has 0 spiro atoms. The van der Waals surface area contributed by atoms with E-state index in [0.717, 1.165) is 37.7 Å². The van der Waals surface area contributed by atoms with Gasteiger partial charge in [-0.25, -0.2) is 0 Å². The second-order valence-corrected chi connectivity index (χ2v) is 6.92. The summed E-state index contributed by atoms with van der Waals surface area (Å²) >= 11 is 0. The van der Waals surface area contributed by atoms with Gasteiger partial charge < -0.3 is 15.4 Å². The number of aliphatic hydroxyl groups excluding tert-OH is 1. The normalized spacial score (nSPS) is 20.6. The number of aromatic nitrogens is 1. The van der Waals surface area contributed by atoms with Gasteiger partial charge in [0, 0.05) is 30.7 Å². The fraction of sp³-hybridized carbons (Fsp3) is 0.632. The number of aryl methyl sites for hydroxylation is 1. The van der Waals surface area contributed by atoms with Crippen molar-refractivity contribution in [2.75, 3.05) is 6.61 Å². The molecule has 1 aromatic heterocycles. The average molecular weight is 345 g/mol. The number of nitriles is 1. The number of hydrogen-bond acceptors (Lipinski definition) is 4. The first-order valence-corrected chi connectivity index (χ1v) is 9.00. The monoisotopic (exact) mass is 345 g/mol. The van der Waals surface area contributed by atoms with Crippen LogP contribution in [-0.2, 0) is 11.2 Å². The van der Waals surface area contributed by atoms with Crippen molar-refractivity contribution in [1.82, 2.24) is 10.3 Å². The maximum Gasteiger partial charge on any atom is 0.266 e. The van der Waals surface area contributed by atoms with Gasteiger partial charge in [-0.15, -0.1) is 0 Å². The Kier molecular flexibility index (Phi) is 6.77. The number of aromatic amines is 1. The van der Waals surface area contributed by atoms with Gasteiger partial charge in [0.2, 0.25) is 5.91 Å². The molecule has 0 bridgehead atoms. The SMILES string of the molecule is Cc1[nH]c(=O)c(C#N)c(C)c1CCC(=O)NC1CCCCCC1CO. The summed E-state index contributed by atoms with van der Waals surface area (Å²) in [5.74, 6) is 0.0852. The third kappa shape index (κ3) is 4.70. The molecule has 1 aliphatic carbocycles. The van der Waals surface area contributed by atoms with Crippen LogP contribution in [0.15, 0.2) is 4.79 Å². The van der Waals surface area contributed by atoms with Crippen LogP contribution in [0.5, 0.6) is 0 Å². The molecule has 3 N–H and O–H groups in total. The van der Waals surface area contributed by atoms with Crippen LogP contribution in [0.2, 0.25) is 0 Å². The minimum Gasteiger partial charge on any atom is -0.396 e. The molecule has 6 nitrogen and oxygen atoms in total. The summed E-state index contributed by atoms with van der Waals surface area (Å²) in [6.45, 7) is 3.64. The van der Waals surface area contributed by atoms with Crippen LogP contribution >= 0.6 is 0 Å². The lowest BCUT2D eigenvalue weighted by molar-refractivity contribution is -0.122. The molecule has 1 heterocycles. The van der Waals surface area contributed by atoms with E-state index in [9.17, 15) is 14.7 Å². The van der Waals surface area contributed by atoms with Crippen LogP contribution in [0.1, 0.15) is 60.9 Å². The second kappa shape index (κ2) is 8.82. The van der Waals surface area contributed by atoms with Crippen LogP contribution in [0.3, 0.4) is 0 Å². The number of hydrogen-bond donors (Lipinski definition) is 3. The Bertz CT molecular complexity index is 718. The van der Waals surface area contributed by atoms with Crippen molar-refractivity contribution in [2.45, 2.75) is 64.8 Å². The van der Waals surface area contributed by atoms with Crippen molar-refractivity contribution in [3.63, 3.8) is 0 Å². The predicted octanol–water partition coefficient (Wildman–Crippen LogP) is 1.85. The van der Waals surface area contributed by atoms with Gasteiger partial charge >= 0.3 is 0 Å². The number of carbonyl (C=O) groups is 1. The number of rotatable bonds is 5. The van der Waals surface area contributed by atoms with E-state index >= 15 is 0 Å². The minimum absolute atomic E-state index is 0.0347. The number of pyridine rings is 1. The highest BCUT2D eigenvalue weighted by molar-refractivity contribution is 5.76. The standard InChI is InChI=1S/C19H27N3O3/c1-12-15(13(2)21-19(25)16(12)10-20)8-9-18(24)22-17-7-5-3-4-6-14(17)11-23/h14,17,23H,3-9,11H2,1-2H3,(H,21,25)(H,22,24). The lowest BCUT2D eigenvalue weighted by Crippen LogP contribution is -2.41. The van der Waals surface area contributed by atoms with E-state index in [2.05, 4.69) is 10.3 Å². The first-order chi connectivity index (χ1) is 12.0. The molecular weight excluding hydrogens is 318 g/mol. The van der Waals surface area contributed by atoms with Gasteiger partial charge in [0.25, 0.3) is 5.56 Å². The summed E-state index contributed by atoms with van der Waals surface area (Å²) in [5.41, 5.74) is 1.95. The van der Waals surface area contributed by atoms with Gasteiger partial charge in [-0.2, -0.15) is 5.26 Å². The fourth-order valence-corrected chi connectivity index (χ4v) is 3.73. The average Bonchev–Trinajstić information content (AvgIpc) is 2.79. The van der Waals surface area contributed by atoms with Crippen LogP contribution in [0, 0.1) is 31.1 Å².